The van der Waals surface area contributed by atoms with E-state index < -0.39 is 12.3 Å². The highest BCUT2D eigenvalue weighted by atomic mass is 32.2. The van der Waals surface area contributed by atoms with E-state index in [0.717, 1.165) is 23.9 Å². The molecular weight excluding hydrogens is 450 g/mol. The Balaban J connectivity index is 1.41. The molecule has 2 aromatic carbocycles. The number of hydrogen-bond acceptors (Lipinski definition) is 6. The number of carbonyl (C=O) groups excluding carboxylic acids is 1. The van der Waals surface area contributed by atoms with Crippen LogP contribution < -0.4 is 10.1 Å². The molecule has 4 rings (SSSR count). The van der Waals surface area contributed by atoms with Crippen LogP contribution in [0.5, 0.6) is 5.75 Å². The van der Waals surface area contributed by atoms with Crippen molar-refractivity contribution in [2.24, 2.45) is 0 Å². The van der Waals surface area contributed by atoms with E-state index in [1.807, 2.05) is 0 Å². The fourth-order valence-electron chi connectivity index (χ4n) is 2.70. The van der Waals surface area contributed by atoms with Gasteiger partial charge < -0.3 is 10.1 Å². The quantitative estimate of drug-likeness (QED) is 0.334. The Hall–Kier alpha value is -3.67. The molecule has 2 heterocycles. The minimum absolute atomic E-state index is 0.0376. The lowest BCUT2D eigenvalue weighted by Crippen LogP contribution is -2.17. The van der Waals surface area contributed by atoms with Crippen molar-refractivity contribution in [3.05, 3.63) is 66.5 Å². The van der Waals surface area contributed by atoms with Crippen LogP contribution in [0, 0.1) is 5.82 Å². The van der Waals surface area contributed by atoms with Gasteiger partial charge in [-0.05, 0) is 60.7 Å². The van der Waals surface area contributed by atoms with Gasteiger partial charge in [-0.2, -0.15) is 9.61 Å². The van der Waals surface area contributed by atoms with Gasteiger partial charge in [-0.15, -0.1) is 23.4 Å². The smallest absolute Gasteiger partial charge is 0.406 e. The summed E-state index contributed by atoms with van der Waals surface area (Å²) in [7, 11) is 0. The van der Waals surface area contributed by atoms with E-state index in [1.165, 1.54) is 28.8 Å². The molecule has 1 N–H and O–H groups in total. The molecule has 4 aromatic rings. The Bertz CT molecular complexity index is 1240. The Morgan fingerprint density at radius 1 is 1.00 bits per heavy atom. The molecule has 0 spiro atoms. The number of nitrogens with one attached hydrogen (secondary N) is 1. The topological polar surface area (TPSA) is 81.4 Å². The molecule has 12 heteroatoms. The van der Waals surface area contributed by atoms with Crippen LogP contribution >= 0.6 is 11.8 Å². The predicted molar refractivity (Wildman–Crippen MR) is 109 cm³/mol. The Morgan fingerprint density at radius 3 is 2.41 bits per heavy atom. The molecule has 1 amide bonds. The monoisotopic (exact) mass is 463 g/mol. The maximum Gasteiger partial charge on any atom is 0.573 e. The number of thioether (sulfide) groups is 1. The summed E-state index contributed by atoms with van der Waals surface area (Å²) < 4.78 is 55.0. The number of aromatic nitrogens is 4. The van der Waals surface area contributed by atoms with Crippen molar-refractivity contribution < 1.29 is 27.1 Å². The molecular formula is C20H13F4N5O2S. The molecule has 0 unspecified atom stereocenters. The molecule has 0 saturated carbocycles. The molecule has 164 valence electrons. The second kappa shape index (κ2) is 8.83. The number of fused-ring (bicyclic) bond motifs is 1. The summed E-state index contributed by atoms with van der Waals surface area (Å²) >= 11 is 1.08. The number of halogens is 4. The first kappa shape index (κ1) is 21.6. The number of rotatable bonds is 6. The first-order valence-corrected chi connectivity index (χ1v) is 10.0. The third-order valence-electron chi connectivity index (χ3n) is 4.08. The summed E-state index contributed by atoms with van der Waals surface area (Å²) in [4.78, 5) is 12.2. The van der Waals surface area contributed by atoms with Crippen LogP contribution in [0.3, 0.4) is 0 Å². The first-order valence-electron chi connectivity index (χ1n) is 9.04. The third-order valence-corrected chi connectivity index (χ3v) is 5.00. The number of benzene rings is 2. The zero-order valence-electron chi connectivity index (χ0n) is 16.0. The van der Waals surface area contributed by atoms with Gasteiger partial charge in [0.25, 0.3) is 0 Å². The van der Waals surface area contributed by atoms with Crippen molar-refractivity contribution in [3.8, 4) is 17.0 Å². The summed E-state index contributed by atoms with van der Waals surface area (Å²) in [6, 6.07) is 14.1. The molecule has 0 atom stereocenters. The Morgan fingerprint density at radius 2 is 1.72 bits per heavy atom. The van der Waals surface area contributed by atoms with E-state index in [2.05, 4.69) is 25.3 Å². The molecule has 0 aliphatic heterocycles. The van der Waals surface area contributed by atoms with Crippen LogP contribution in [0.15, 0.2) is 65.8 Å². The van der Waals surface area contributed by atoms with Gasteiger partial charge in [-0.25, -0.2) is 4.39 Å². The fraction of sp³-hybridized carbons (Fsp3) is 0.100. The van der Waals surface area contributed by atoms with Crippen molar-refractivity contribution >= 4 is 29.0 Å². The maximum atomic E-state index is 13.1. The van der Waals surface area contributed by atoms with Crippen LogP contribution in [-0.2, 0) is 4.79 Å². The highest BCUT2D eigenvalue weighted by Gasteiger charge is 2.31. The van der Waals surface area contributed by atoms with Crippen LogP contribution in [0.25, 0.3) is 16.9 Å². The van der Waals surface area contributed by atoms with Gasteiger partial charge in [0.2, 0.25) is 11.1 Å². The molecule has 0 aliphatic carbocycles. The van der Waals surface area contributed by atoms with Crippen molar-refractivity contribution in [1.82, 2.24) is 19.8 Å². The van der Waals surface area contributed by atoms with E-state index in [1.54, 1.807) is 24.3 Å². The van der Waals surface area contributed by atoms with E-state index in [0.29, 0.717) is 27.7 Å². The van der Waals surface area contributed by atoms with Gasteiger partial charge in [0, 0.05) is 11.3 Å². The molecule has 7 nitrogen and oxygen atoms in total. The van der Waals surface area contributed by atoms with Crippen LogP contribution in [0.2, 0.25) is 0 Å². The lowest BCUT2D eigenvalue weighted by molar-refractivity contribution is -0.274. The molecule has 32 heavy (non-hydrogen) atoms. The second-order valence-electron chi connectivity index (χ2n) is 6.39. The summed E-state index contributed by atoms with van der Waals surface area (Å²) in [5.41, 5.74) is 2.06. The predicted octanol–water partition coefficient (Wildman–Crippen LogP) is 4.56. The van der Waals surface area contributed by atoms with Gasteiger partial charge in [-0.3, -0.25) is 4.79 Å². The van der Waals surface area contributed by atoms with E-state index in [9.17, 15) is 22.4 Å². The van der Waals surface area contributed by atoms with Gasteiger partial charge in [0.05, 0.1) is 11.4 Å². The molecule has 0 radical (unpaired) electrons. The van der Waals surface area contributed by atoms with E-state index >= 15 is 0 Å². The van der Waals surface area contributed by atoms with Gasteiger partial charge in [-0.1, -0.05) is 11.8 Å². The van der Waals surface area contributed by atoms with Gasteiger partial charge in [0.1, 0.15) is 11.6 Å². The number of amides is 1. The second-order valence-corrected chi connectivity index (χ2v) is 7.33. The number of hydrogen-bond donors (Lipinski definition) is 1. The van der Waals surface area contributed by atoms with Gasteiger partial charge >= 0.3 is 6.36 Å². The number of anilines is 1. The number of alkyl halides is 3. The maximum absolute atomic E-state index is 13.1. The normalized spacial score (nSPS) is 11.5. The minimum Gasteiger partial charge on any atom is -0.406 e. The highest BCUT2D eigenvalue weighted by molar-refractivity contribution is 7.99. The fourth-order valence-corrected chi connectivity index (χ4v) is 3.39. The molecule has 0 aliphatic rings. The van der Waals surface area contributed by atoms with Crippen molar-refractivity contribution in [1.29, 1.82) is 0 Å². The number of carbonyl (C=O) groups is 1. The molecule has 0 bridgehead atoms. The summed E-state index contributed by atoms with van der Waals surface area (Å²) in [6.07, 6.45) is -4.78. The van der Waals surface area contributed by atoms with Crippen LogP contribution in [0.1, 0.15) is 0 Å². The Labute approximate surface area is 182 Å². The van der Waals surface area contributed by atoms with Crippen LogP contribution in [-0.4, -0.2) is 37.8 Å². The average molecular weight is 463 g/mol. The SMILES string of the molecule is O=C(CSc1nnc2ccc(-c3ccc(F)cc3)nn12)Nc1ccc(OC(F)(F)F)cc1. The van der Waals surface area contributed by atoms with Crippen molar-refractivity contribution in [2.75, 3.05) is 11.1 Å². The third kappa shape index (κ3) is 5.32. The highest BCUT2D eigenvalue weighted by Crippen LogP contribution is 2.25. The zero-order valence-corrected chi connectivity index (χ0v) is 16.8. The van der Waals surface area contributed by atoms with Crippen LogP contribution in [0.4, 0.5) is 23.2 Å². The molecule has 0 saturated heterocycles. The Kier molecular flexibility index (Phi) is 5.95. The van der Waals surface area contributed by atoms with E-state index in [4.69, 9.17) is 0 Å². The zero-order chi connectivity index (χ0) is 22.7. The van der Waals surface area contributed by atoms with Crippen molar-refractivity contribution in [2.45, 2.75) is 11.5 Å². The number of nitrogens with zero attached hydrogens (tertiary/aromatic N) is 4. The molecule has 2 aromatic heterocycles. The lowest BCUT2D eigenvalue weighted by atomic mass is 10.1. The molecule has 0 fully saturated rings. The van der Waals surface area contributed by atoms with Gasteiger partial charge in [0.15, 0.2) is 5.65 Å². The van der Waals surface area contributed by atoms with E-state index in [-0.39, 0.29) is 17.3 Å². The number of ether oxygens (including phenoxy) is 1. The summed E-state index contributed by atoms with van der Waals surface area (Å²) in [5, 5.41) is 15.4. The average Bonchev–Trinajstić information content (AvgIpc) is 3.15. The minimum atomic E-state index is -4.78. The summed E-state index contributed by atoms with van der Waals surface area (Å²) in [5.74, 6) is -1.18. The lowest BCUT2D eigenvalue weighted by Gasteiger charge is -2.09. The first-order chi connectivity index (χ1) is 15.3. The van der Waals surface area contributed by atoms with Crippen molar-refractivity contribution in [3.63, 3.8) is 0 Å². The summed E-state index contributed by atoms with van der Waals surface area (Å²) in [6.45, 7) is 0. The standard InChI is InChI=1S/C20H13F4N5O2S/c21-13-3-1-12(2-4-13)16-9-10-17-26-27-19(29(17)28-16)32-11-18(30)25-14-5-7-15(8-6-14)31-20(22,23)24/h1-10H,11H2,(H,25,30). The largest absolute Gasteiger partial charge is 0.573 e.